The van der Waals surface area contributed by atoms with Crippen LogP contribution >= 0.6 is 0 Å². The van der Waals surface area contributed by atoms with Crippen LogP contribution in [0.2, 0.25) is 0 Å². The Hall–Kier alpha value is -1.38. The van der Waals surface area contributed by atoms with E-state index in [1.54, 1.807) is 18.6 Å². The molecule has 1 heterocycles. The van der Waals surface area contributed by atoms with Gasteiger partial charge in [-0.3, -0.25) is 4.99 Å². The van der Waals surface area contributed by atoms with Crippen molar-refractivity contribution in [2.45, 2.75) is 20.8 Å². The van der Waals surface area contributed by atoms with E-state index < -0.39 is 0 Å². The van der Waals surface area contributed by atoms with Crippen LogP contribution in [0.5, 0.6) is 0 Å². The zero-order chi connectivity index (χ0) is 9.40. The molecule has 0 fully saturated rings. The number of hydrogen-bond donors (Lipinski definition) is 0. The average molecular weight is 165 g/mol. The van der Waals surface area contributed by atoms with Gasteiger partial charge in [0.2, 0.25) is 0 Å². The molecular formula is C9H15N3. The number of hydrogen-bond acceptors (Lipinski definition) is 2. The number of aromatic nitrogens is 2. The molecule has 0 aromatic carbocycles. The second-order valence-electron chi connectivity index (χ2n) is 1.86. The quantitative estimate of drug-likeness (QED) is 0.619. The molecule has 0 saturated carbocycles. The number of aliphatic imine (C=N–C) groups is 1. The molecule has 12 heavy (non-hydrogen) atoms. The zero-order valence-electron chi connectivity index (χ0n) is 7.86. The normalized spacial score (nSPS) is 9.25. The fourth-order valence-electron chi connectivity index (χ4n) is 0.664. The van der Waals surface area contributed by atoms with Crippen LogP contribution in [0.15, 0.2) is 23.6 Å². The van der Waals surface area contributed by atoms with Gasteiger partial charge in [0, 0.05) is 24.8 Å². The van der Waals surface area contributed by atoms with Gasteiger partial charge >= 0.3 is 0 Å². The molecule has 0 aliphatic rings. The average Bonchev–Trinajstić information content (AvgIpc) is 2.51. The molecular weight excluding hydrogens is 150 g/mol. The van der Waals surface area contributed by atoms with E-state index in [2.05, 4.69) is 16.7 Å². The van der Waals surface area contributed by atoms with Crippen LogP contribution in [0.4, 0.5) is 0 Å². The highest BCUT2D eigenvalue weighted by Crippen LogP contribution is 1.94. The van der Waals surface area contributed by atoms with Crippen LogP contribution in [-0.4, -0.2) is 16.3 Å². The molecule has 0 radical (unpaired) electrons. The maximum absolute atomic E-state index is 4.02. The molecule has 0 saturated heterocycles. The summed E-state index contributed by atoms with van der Waals surface area (Å²) in [7, 11) is 0. The summed E-state index contributed by atoms with van der Waals surface area (Å²) in [4.78, 5) is 7.59. The van der Waals surface area contributed by atoms with E-state index in [4.69, 9.17) is 0 Å². The van der Waals surface area contributed by atoms with Crippen molar-refractivity contribution in [3.05, 3.63) is 24.4 Å². The lowest BCUT2D eigenvalue weighted by Gasteiger charge is -1.91. The first-order valence-electron chi connectivity index (χ1n) is 3.96. The summed E-state index contributed by atoms with van der Waals surface area (Å²) in [6.07, 6.45) is 7.02. The van der Waals surface area contributed by atoms with Crippen LogP contribution in [0.3, 0.4) is 0 Å². The SMILES string of the molecule is C=N/C=C\n1ccnc1C.CC. The van der Waals surface area contributed by atoms with Gasteiger partial charge in [0.05, 0.1) is 0 Å². The van der Waals surface area contributed by atoms with Crippen LogP contribution in [-0.2, 0) is 0 Å². The Balaban J connectivity index is 0.000000561. The summed E-state index contributed by atoms with van der Waals surface area (Å²) in [5.41, 5.74) is 0. The summed E-state index contributed by atoms with van der Waals surface area (Å²) >= 11 is 0. The van der Waals surface area contributed by atoms with Gasteiger partial charge in [-0.1, -0.05) is 13.8 Å². The lowest BCUT2D eigenvalue weighted by atomic mass is 10.7. The lowest BCUT2D eigenvalue weighted by Crippen LogP contribution is -1.86. The zero-order valence-corrected chi connectivity index (χ0v) is 7.86. The van der Waals surface area contributed by atoms with Crippen LogP contribution in [0.25, 0.3) is 6.20 Å². The Morgan fingerprint density at radius 3 is 2.67 bits per heavy atom. The Labute approximate surface area is 73.5 Å². The highest BCUT2D eigenvalue weighted by Gasteiger charge is 1.88. The summed E-state index contributed by atoms with van der Waals surface area (Å²) in [6.45, 7) is 9.24. The maximum Gasteiger partial charge on any atom is 0.109 e. The summed E-state index contributed by atoms with van der Waals surface area (Å²) < 4.78 is 1.87. The molecule has 0 aliphatic heterocycles. The van der Waals surface area contributed by atoms with Gasteiger partial charge in [-0.15, -0.1) is 0 Å². The Kier molecular flexibility index (Phi) is 5.61. The molecule has 0 aliphatic carbocycles. The fourth-order valence-corrected chi connectivity index (χ4v) is 0.664. The number of imidazole rings is 1. The molecule has 1 rings (SSSR count). The van der Waals surface area contributed by atoms with E-state index in [9.17, 15) is 0 Å². The van der Waals surface area contributed by atoms with Gasteiger partial charge in [0.1, 0.15) is 5.82 Å². The third kappa shape index (κ3) is 3.14. The second kappa shape index (κ2) is 6.34. The minimum atomic E-state index is 0.944. The summed E-state index contributed by atoms with van der Waals surface area (Å²) in [6, 6.07) is 0. The van der Waals surface area contributed by atoms with Crippen molar-refractivity contribution in [1.82, 2.24) is 9.55 Å². The predicted molar refractivity (Wildman–Crippen MR) is 53.2 cm³/mol. The van der Waals surface area contributed by atoms with E-state index in [1.807, 2.05) is 31.5 Å². The van der Waals surface area contributed by atoms with Crippen molar-refractivity contribution in [3.63, 3.8) is 0 Å². The highest BCUT2D eigenvalue weighted by atomic mass is 15.0. The number of nitrogens with zero attached hydrogens (tertiary/aromatic N) is 3. The topological polar surface area (TPSA) is 30.2 Å². The van der Waals surface area contributed by atoms with Gasteiger partial charge in [0.25, 0.3) is 0 Å². The maximum atomic E-state index is 4.02. The molecule has 1 aromatic rings. The van der Waals surface area contributed by atoms with E-state index in [0.717, 1.165) is 5.82 Å². The third-order valence-corrected chi connectivity index (χ3v) is 1.19. The van der Waals surface area contributed by atoms with E-state index in [0.29, 0.717) is 0 Å². The van der Waals surface area contributed by atoms with Gasteiger partial charge in [-0.2, -0.15) is 0 Å². The molecule has 66 valence electrons. The minimum absolute atomic E-state index is 0.944. The molecule has 3 heteroatoms. The first kappa shape index (κ1) is 10.6. The van der Waals surface area contributed by atoms with Crippen molar-refractivity contribution >= 4 is 12.9 Å². The predicted octanol–water partition coefficient (Wildman–Crippen LogP) is 2.35. The molecule has 1 aromatic heterocycles. The van der Waals surface area contributed by atoms with Crippen molar-refractivity contribution in [2.24, 2.45) is 4.99 Å². The van der Waals surface area contributed by atoms with Crippen molar-refractivity contribution < 1.29 is 0 Å². The molecule has 0 unspecified atom stereocenters. The molecule has 0 bridgehead atoms. The highest BCUT2D eigenvalue weighted by molar-refractivity contribution is 5.31. The summed E-state index contributed by atoms with van der Waals surface area (Å²) in [5, 5.41) is 0. The first-order valence-corrected chi connectivity index (χ1v) is 3.96. The van der Waals surface area contributed by atoms with Gasteiger partial charge in [-0.05, 0) is 13.6 Å². The van der Waals surface area contributed by atoms with Crippen LogP contribution in [0, 0.1) is 6.92 Å². The van der Waals surface area contributed by atoms with E-state index in [1.165, 1.54) is 0 Å². The first-order chi connectivity index (χ1) is 5.84. The number of aryl methyl sites for hydroxylation is 1. The van der Waals surface area contributed by atoms with E-state index >= 15 is 0 Å². The molecule has 0 spiro atoms. The van der Waals surface area contributed by atoms with E-state index in [-0.39, 0.29) is 0 Å². The minimum Gasteiger partial charge on any atom is -0.309 e. The monoisotopic (exact) mass is 165 g/mol. The molecule has 0 atom stereocenters. The second-order valence-corrected chi connectivity index (χ2v) is 1.86. The Morgan fingerprint density at radius 1 is 1.58 bits per heavy atom. The molecule has 3 nitrogen and oxygen atoms in total. The standard InChI is InChI=1S/C7H9N3.C2H6/c1-7-9-4-6-10(7)5-3-8-2;1-2/h3-6H,2H2,1H3;1-2H3/b5-3-;. The van der Waals surface area contributed by atoms with Crippen molar-refractivity contribution in [3.8, 4) is 0 Å². The van der Waals surface area contributed by atoms with Crippen molar-refractivity contribution in [2.75, 3.05) is 0 Å². The summed E-state index contributed by atoms with van der Waals surface area (Å²) in [5.74, 6) is 0.944. The largest absolute Gasteiger partial charge is 0.309 e. The lowest BCUT2D eigenvalue weighted by molar-refractivity contribution is 1.03. The number of rotatable bonds is 2. The van der Waals surface area contributed by atoms with Crippen molar-refractivity contribution in [1.29, 1.82) is 0 Å². The Bertz CT molecular complexity index is 248. The van der Waals surface area contributed by atoms with Gasteiger partial charge in [-0.25, -0.2) is 4.98 Å². The smallest absolute Gasteiger partial charge is 0.109 e. The fraction of sp³-hybridized carbons (Fsp3) is 0.333. The van der Waals surface area contributed by atoms with Gasteiger partial charge in [0.15, 0.2) is 0 Å². The van der Waals surface area contributed by atoms with Crippen LogP contribution in [0.1, 0.15) is 19.7 Å². The molecule has 0 N–H and O–H groups in total. The third-order valence-electron chi connectivity index (χ3n) is 1.19. The van der Waals surface area contributed by atoms with Gasteiger partial charge < -0.3 is 4.57 Å². The molecule has 0 amide bonds. The van der Waals surface area contributed by atoms with Crippen LogP contribution < -0.4 is 0 Å². The Morgan fingerprint density at radius 2 is 2.25 bits per heavy atom.